The number of anilines is 1. The van der Waals surface area contributed by atoms with Gasteiger partial charge in [0.1, 0.15) is 5.75 Å². The molecule has 0 unspecified atom stereocenters. The summed E-state index contributed by atoms with van der Waals surface area (Å²) in [5.74, 6) is 1.37. The first-order valence-electron chi connectivity index (χ1n) is 10.1. The van der Waals surface area contributed by atoms with E-state index in [9.17, 15) is 9.59 Å². The number of carbonyl (C=O) groups excluding carboxylic acids is 1. The zero-order valence-corrected chi connectivity index (χ0v) is 17.3. The molecule has 0 radical (unpaired) electrons. The Bertz CT molecular complexity index is 1010. The van der Waals surface area contributed by atoms with E-state index in [2.05, 4.69) is 22.7 Å². The number of nitrogens with zero attached hydrogens (tertiary/aromatic N) is 3. The van der Waals surface area contributed by atoms with E-state index in [1.165, 1.54) is 9.25 Å². The fraction of sp³-hybridized carbons (Fsp3) is 0.318. The average molecular weight is 409 g/mol. The molecule has 0 saturated heterocycles. The Hall–Kier alpha value is -3.55. The zero-order valence-electron chi connectivity index (χ0n) is 17.3. The Labute approximate surface area is 175 Å². The third-order valence-electron chi connectivity index (χ3n) is 4.56. The molecule has 158 valence electrons. The molecule has 8 heteroatoms. The summed E-state index contributed by atoms with van der Waals surface area (Å²) < 4.78 is 8.46. The van der Waals surface area contributed by atoms with Crippen LogP contribution in [0.15, 0.2) is 59.4 Å². The summed E-state index contributed by atoms with van der Waals surface area (Å²) in [6.07, 6.45) is 2.09. The predicted molar refractivity (Wildman–Crippen MR) is 117 cm³/mol. The lowest BCUT2D eigenvalue weighted by molar-refractivity contribution is 0.251. The maximum absolute atomic E-state index is 12.4. The van der Waals surface area contributed by atoms with Crippen molar-refractivity contribution in [2.24, 2.45) is 7.05 Å². The molecule has 0 spiro atoms. The minimum atomic E-state index is -0.345. The molecule has 30 heavy (non-hydrogen) atoms. The highest BCUT2D eigenvalue weighted by Gasteiger charge is 2.12. The van der Waals surface area contributed by atoms with Gasteiger partial charge in [-0.15, -0.1) is 5.10 Å². The van der Waals surface area contributed by atoms with E-state index in [4.69, 9.17) is 4.74 Å². The van der Waals surface area contributed by atoms with E-state index in [0.717, 1.165) is 24.2 Å². The maximum atomic E-state index is 12.4. The lowest BCUT2D eigenvalue weighted by Gasteiger charge is -2.09. The number of unbranched alkanes of at least 4 members (excludes halogenated alkanes) is 1. The summed E-state index contributed by atoms with van der Waals surface area (Å²) in [6.45, 7) is 3.34. The summed E-state index contributed by atoms with van der Waals surface area (Å²) in [4.78, 5) is 24.5. The van der Waals surface area contributed by atoms with Crippen LogP contribution in [0, 0.1) is 0 Å². The van der Waals surface area contributed by atoms with Gasteiger partial charge < -0.3 is 15.4 Å². The van der Waals surface area contributed by atoms with Gasteiger partial charge in [-0.1, -0.05) is 43.7 Å². The van der Waals surface area contributed by atoms with Gasteiger partial charge in [-0.25, -0.2) is 14.3 Å². The molecular weight excluding hydrogens is 382 g/mol. The van der Waals surface area contributed by atoms with Crippen molar-refractivity contribution in [1.82, 2.24) is 19.7 Å². The molecule has 2 N–H and O–H groups in total. The molecule has 0 atom stereocenters. The van der Waals surface area contributed by atoms with E-state index in [0.29, 0.717) is 18.1 Å². The van der Waals surface area contributed by atoms with Crippen LogP contribution in [0.25, 0.3) is 11.4 Å². The highest BCUT2D eigenvalue weighted by Crippen LogP contribution is 2.16. The number of hydrogen-bond donors (Lipinski definition) is 2. The Kier molecular flexibility index (Phi) is 7.26. The summed E-state index contributed by atoms with van der Waals surface area (Å²) in [6, 6.07) is 16.4. The van der Waals surface area contributed by atoms with Gasteiger partial charge in [0.15, 0.2) is 5.82 Å². The van der Waals surface area contributed by atoms with Crippen LogP contribution in [0.3, 0.4) is 0 Å². The minimum Gasteiger partial charge on any atom is -0.494 e. The molecule has 2 amide bonds. The van der Waals surface area contributed by atoms with Crippen LogP contribution in [0.2, 0.25) is 0 Å². The van der Waals surface area contributed by atoms with Gasteiger partial charge in [0, 0.05) is 24.8 Å². The zero-order chi connectivity index (χ0) is 21.3. The van der Waals surface area contributed by atoms with Crippen molar-refractivity contribution in [3.8, 4) is 17.1 Å². The molecule has 0 aliphatic rings. The van der Waals surface area contributed by atoms with Crippen molar-refractivity contribution in [2.45, 2.75) is 26.3 Å². The standard InChI is InChI=1S/C22H27N5O3/c1-3-4-16-30-19-12-10-18(11-13-19)24-21(28)23-14-15-27-22(29)26(2)20(25-27)17-8-6-5-7-9-17/h5-13H,3-4,14-16H2,1-2H3,(H2,23,24,28). The summed E-state index contributed by atoms with van der Waals surface area (Å²) in [5, 5.41) is 9.88. The largest absolute Gasteiger partial charge is 0.494 e. The smallest absolute Gasteiger partial charge is 0.345 e. The van der Waals surface area contributed by atoms with Crippen molar-refractivity contribution in [1.29, 1.82) is 0 Å². The Morgan fingerprint density at radius 1 is 1.10 bits per heavy atom. The van der Waals surface area contributed by atoms with Gasteiger partial charge in [0.05, 0.1) is 13.2 Å². The maximum Gasteiger partial charge on any atom is 0.345 e. The molecular formula is C22H27N5O3. The second kappa shape index (κ2) is 10.3. The number of carbonyl (C=O) groups is 1. The van der Waals surface area contributed by atoms with Crippen LogP contribution in [-0.2, 0) is 13.6 Å². The molecule has 0 bridgehead atoms. The summed E-state index contributed by atoms with van der Waals surface area (Å²) >= 11 is 0. The molecule has 3 aromatic rings. The van der Waals surface area contributed by atoms with Gasteiger partial charge in [0.2, 0.25) is 0 Å². The van der Waals surface area contributed by atoms with Crippen LogP contribution in [0.5, 0.6) is 5.75 Å². The number of hydrogen-bond acceptors (Lipinski definition) is 4. The minimum absolute atomic E-state index is 0.227. The third-order valence-corrected chi connectivity index (χ3v) is 4.56. The molecule has 0 aliphatic heterocycles. The van der Waals surface area contributed by atoms with Crippen LogP contribution < -0.4 is 21.1 Å². The molecule has 2 aromatic carbocycles. The van der Waals surface area contributed by atoms with Gasteiger partial charge >= 0.3 is 11.7 Å². The van der Waals surface area contributed by atoms with Crippen molar-refractivity contribution in [2.75, 3.05) is 18.5 Å². The quantitative estimate of drug-likeness (QED) is 0.531. The van der Waals surface area contributed by atoms with Gasteiger partial charge in [-0.3, -0.25) is 4.57 Å². The monoisotopic (exact) mass is 409 g/mol. The molecule has 1 aromatic heterocycles. The number of benzene rings is 2. The fourth-order valence-corrected chi connectivity index (χ4v) is 2.89. The third kappa shape index (κ3) is 5.50. The number of ether oxygens (including phenoxy) is 1. The SMILES string of the molecule is CCCCOc1ccc(NC(=O)NCCn2nc(-c3ccccc3)n(C)c2=O)cc1. The second-order valence-corrected chi connectivity index (χ2v) is 6.86. The van der Waals surface area contributed by atoms with E-state index in [1.807, 2.05) is 42.5 Å². The highest BCUT2D eigenvalue weighted by molar-refractivity contribution is 5.89. The first-order chi connectivity index (χ1) is 14.6. The first kappa shape index (κ1) is 21.2. The summed E-state index contributed by atoms with van der Waals surface area (Å²) in [5.41, 5.74) is 1.30. The number of rotatable bonds is 9. The van der Waals surface area contributed by atoms with Crippen LogP contribution >= 0.6 is 0 Å². The molecule has 3 rings (SSSR count). The molecule has 1 heterocycles. The fourth-order valence-electron chi connectivity index (χ4n) is 2.89. The Morgan fingerprint density at radius 3 is 2.53 bits per heavy atom. The Balaban J connectivity index is 1.50. The van der Waals surface area contributed by atoms with Crippen molar-refractivity contribution in [3.63, 3.8) is 0 Å². The van der Waals surface area contributed by atoms with Gasteiger partial charge in [-0.2, -0.15) is 0 Å². The lowest BCUT2D eigenvalue weighted by Crippen LogP contribution is -2.34. The average Bonchev–Trinajstić information content (AvgIpc) is 3.04. The molecule has 8 nitrogen and oxygen atoms in total. The number of aromatic nitrogens is 3. The van der Waals surface area contributed by atoms with E-state index >= 15 is 0 Å². The topological polar surface area (TPSA) is 90.2 Å². The van der Waals surface area contributed by atoms with Crippen molar-refractivity contribution >= 4 is 11.7 Å². The predicted octanol–water partition coefficient (Wildman–Crippen LogP) is 3.25. The van der Waals surface area contributed by atoms with Crippen molar-refractivity contribution in [3.05, 3.63) is 65.1 Å². The normalized spacial score (nSPS) is 10.6. The van der Waals surface area contributed by atoms with Crippen LogP contribution in [0.4, 0.5) is 10.5 Å². The van der Waals surface area contributed by atoms with Crippen LogP contribution in [-0.4, -0.2) is 33.5 Å². The van der Waals surface area contributed by atoms with E-state index < -0.39 is 0 Å². The summed E-state index contributed by atoms with van der Waals surface area (Å²) in [7, 11) is 1.68. The van der Waals surface area contributed by atoms with Crippen LogP contribution in [0.1, 0.15) is 19.8 Å². The van der Waals surface area contributed by atoms with E-state index in [1.54, 1.807) is 19.2 Å². The molecule has 0 fully saturated rings. The second-order valence-electron chi connectivity index (χ2n) is 6.86. The van der Waals surface area contributed by atoms with Gasteiger partial charge in [-0.05, 0) is 30.7 Å². The van der Waals surface area contributed by atoms with Gasteiger partial charge in [0.25, 0.3) is 0 Å². The number of nitrogens with one attached hydrogen (secondary N) is 2. The molecule has 0 aliphatic carbocycles. The Morgan fingerprint density at radius 2 is 1.83 bits per heavy atom. The number of amides is 2. The van der Waals surface area contributed by atoms with E-state index in [-0.39, 0.29) is 24.8 Å². The number of urea groups is 1. The lowest BCUT2D eigenvalue weighted by atomic mass is 10.2. The first-order valence-corrected chi connectivity index (χ1v) is 10.1. The molecule has 0 saturated carbocycles. The van der Waals surface area contributed by atoms with Crippen molar-refractivity contribution < 1.29 is 9.53 Å². The highest BCUT2D eigenvalue weighted by atomic mass is 16.5.